The lowest BCUT2D eigenvalue weighted by Crippen LogP contribution is -2.32. The predicted molar refractivity (Wildman–Crippen MR) is 65.6 cm³/mol. The van der Waals surface area contributed by atoms with E-state index in [2.05, 4.69) is 10.6 Å². The van der Waals surface area contributed by atoms with Gasteiger partial charge in [0.2, 0.25) is 10.0 Å². The highest BCUT2D eigenvalue weighted by molar-refractivity contribution is 7.89. The first-order chi connectivity index (χ1) is 8.27. The third-order valence-electron chi connectivity index (χ3n) is 2.29. The number of hydrogen-bond donors (Lipinski definition) is 2. The number of terminal acetylenes is 1. The Morgan fingerprint density at radius 2 is 2.28 bits per heavy atom. The van der Waals surface area contributed by atoms with Crippen LogP contribution in [0.3, 0.4) is 0 Å². The molecule has 6 nitrogen and oxygen atoms in total. The molecule has 7 heteroatoms. The lowest BCUT2D eigenvalue weighted by molar-refractivity contribution is 0.0686. The maximum atomic E-state index is 11.9. The second kappa shape index (κ2) is 5.25. The van der Waals surface area contributed by atoms with Crippen LogP contribution in [0, 0.1) is 12.3 Å². The minimum absolute atomic E-state index is 0.0914. The largest absolute Gasteiger partial charge is 0.477 e. The number of aryl methyl sites for hydroxylation is 1. The van der Waals surface area contributed by atoms with E-state index in [4.69, 9.17) is 11.5 Å². The molecule has 98 valence electrons. The summed E-state index contributed by atoms with van der Waals surface area (Å²) in [6.07, 6.45) is 6.59. The number of sulfonamides is 1. The molecule has 0 spiro atoms. The van der Waals surface area contributed by atoms with Gasteiger partial charge in [0.25, 0.3) is 0 Å². The second-order valence-corrected chi connectivity index (χ2v) is 5.62. The van der Waals surface area contributed by atoms with Crippen LogP contribution >= 0.6 is 0 Å². The van der Waals surface area contributed by atoms with Gasteiger partial charge in [0.05, 0.1) is 0 Å². The topological polar surface area (TPSA) is 88.4 Å². The molecule has 2 N–H and O–H groups in total. The third-order valence-corrected chi connectivity index (χ3v) is 3.85. The first-order valence-electron chi connectivity index (χ1n) is 5.13. The van der Waals surface area contributed by atoms with Gasteiger partial charge in [-0.2, -0.15) is 0 Å². The molecule has 0 aliphatic rings. The average Bonchev–Trinajstić information content (AvgIpc) is 2.60. The van der Waals surface area contributed by atoms with E-state index in [0.717, 1.165) is 6.07 Å². The molecule has 1 heterocycles. The third kappa shape index (κ3) is 3.12. The summed E-state index contributed by atoms with van der Waals surface area (Å²) in [5.74, 6) is 1.17. The van der Waals surface area contributed by atoms with Crippen molar-refractivity contribution in [3.63, 3.8) is 0 Å². The molecule has 0 amide bonds. The summed E-state index contributed by atoms with van der Waals surface area (Å²) in [6, 6.07) is 0.696. The summed E-state index contributed by atoms with van der Waals surface area (Å²) < 4.78 is 27.5. The molecule has 0 saturated carbocycles. The molecule has 1 rings (SSSR count). The highest BCUT2D eigenvalue weighted by atomic mass is 32.2. The Hall–Kier alpha value is -1.78. The van der Waals surface area contributed by atoms with Crippen molar-refractivity contribution in [2.75, 3.05) is 0 Å². The first-order valence-corrected chi connectivity index (χ1v) is 6.61. The summed E-state index contributed by atoms with van der Waals surface area (Å²) in [7, 11) is -2.28. The van der Waals surface area contributed by atoms with Gasteiger partial charge in [-0.1, -0.05) is 0 Å². The van der Waals surface area contributed by atoms with Gasteiger partial charge in [-0.05, 0) is 13.0 Å². The molecular formula is C11H14N2O4S. The zero-order valence-corrected chi connectivity index (χ0v) is 10.9. The Balaban J connectivity index is 3.03. The highest BCUT2D eigenvalue weighted by Crippen LogP contribution is 2.14. The van der Waals surface area contributed by atoms with E-state index in [1.54, 1.807) is 6.92 Å². The number of nitrogens with one attached hydrogen (secondary N) is 1. The number of carbonyl (C=O) groups is 1. The number of aromatic carboxylic acids is 1. The van der Waals surface area contributed by atoms with Crippen LogP contribution in [0.4, 0.5) is 0 Å². The lowest BCUT2D eigenvalue weighted by atomic mass is 10.3. The molecule has 1 atom stereocenters. The molecule has 0 bridgehead atoms. The molecule has 0 aliphatic heterocycles. The minimum atomic E-state index is -3.75. The smallest absolute Gasteiger partial charge is 0.352 e. The van der Waals surface area contributed by atoms with Crippen LogP contribution < -0.4 is 4.72 Å². The van der Waals surface area contributed by atoms with Gasteiger partial charge < -0.3 is 9.67 Å². The molecule has 1 unspecified atom stereocenters. The minimum Gasteiger partial charge on any atom is -0.477 e. The standard InChI is InChI=1S/C11H14N2O4S/c1-4-5-8(2)12-18(16,17)9-6-10(11(14)15)13(3)7-9/h1,6-8,12H,5H2,2-3H3,(H,14,15). The molecule has 1 aromatic rings. The summed E-state index contributed by atoms with van der Waals surface area (Å²) >= 11 is 0. The SMILES string of the molecule is C#CCC(C)NS(=O)(=O)c1cc(C(=O)O)n(C)c1. The second-order valence-electron chi connectivity index (χ2n) is 3.91. The van der Waals surface area contributed by atoms with E-state index in [1.807, 2.05) is 0 Å². The fourth-order valence-corrected chi connectivity index (χ4v) is 2.76. The number of rotatable bonds is 5. The van der Waals surface area contributed by atoms with Crippen molar-refractivity contribution in [2.24, 2.45) is 7.05 Å². The molecule has 18 heavy (non-hydrogen) atoms. The van der Waals surface area contributed by atoms with Crippen molar-refractivity contribution < 1.29 is 18.3 Å². The summed E-state index contributed by atoms with van der Waals surface area (Å²) in [4.78, 5) is 10.7. The monoisotopic (exact) mass is 270 g/mol. The van der Waals surface area contributed by atoms with Crippen molar-refractivity contribution in [2.45, 2.75) is 24.3 Å². The first kappa shape index (κ1) is 14.3. The van der Waals surface area contributed by atoms with Gasteiger partial charge in [0.15, 0.2) is 0 Å². The Morgan fingerprint density at radius 3 is 2.72 bits per heavy atom. The molecule has 0 saturated heterocycles. The van der Waals surface area contributed by atoms with Crippen molar-refractivity contribution >= 4 is 16.0 Å². The maximum Gasteiger partial charge on any atom is 0.352 e. The van der Waals surface area contributed by atoms with Crippen LogP contribution in [0.5, 0.6) is 0 Å². The molecule has 0 radical (unpaired) electrons. The van der Waals surface area contributed by atoms with Gasteiger partial charge in [-0.25, -0.2) is 17.9 Å². The number of aromatic nitrogens is 1. The number of nitrogens with zero attached hydrogens (tertiary/aromatic N) is 1. The quantitative estimate of drug-likeness (QED) is 0.759. The van der Waals surface area contributed by atoms with Crippen molar-refractivity contribution in [1.29, 1.82) is 0 Å². The fraction of sp³-hybridized carbons (Fsp3) is 0.364. The normalized spacial score (nSPS) is 12.9. The van der Waals surface area contributed by atoms with Crippen molar-refractivity contribution in [1.82, 2.24) is 9.29 Å². The lowest BCUT2D eigenvalue weighted by Gasteiger charge is -2.09. The summed E-state index contributed by atoms with van der Waals surface area (Å²) in [5.41, 5.74) is -0.0972. The van der Waals surface area contributed by atoms with Gasteiger partial charge in [-0.3, -0.25) is 0 Å². The van der Waals surface area contributed by atoms with Gasteiger partial charge in [0.1, 0.15) is 10.6 Å². The Kier molecular flexibility index (Phi) is 4.16. The van der Waals surface area contributed by atoms with Crippen LogP contribution in [0.1, 0.15) is 23.8 Å². The summed E-state index contributed by atoms with van der Waals surface area (Å²) in [5, 5.41) is 8.85. The van der Waals surface area contributed by atoms with Crippen LogP contribution in [0.2, 0.25) is 0 Å². The zero-order chi connectivity index (χ0) is 13.9. The highest BCUT2D eigenvalue weighted by Gasteiger charge is 2.21. The maximum absolute atomic E-state index is 11.9. The predicted octanol–water partition coefficient (Wildman–Crippen LogP) is 0.413. The number of hydrogen-bond acceptors (Lipinski definition) is 3. The Labute approximate surface area is 106 Å². The van der Waals surface area contributed by atoms with Crippen LogP contribution in [-0.4, -0.2) is 30.1 Å². The van der Waals surface area contributed by atoms with Gasteiger partial charge >= 0.3 is 5.97 Å². The van der Waals surface area contributed by atoms with Crippen LogP contribution in [0.15, 0.2) is 17.2 Å². The fourth-order valence-electron chi connectivity index (χ4n) is 1.45. The van der Waals surface area contributed by atoms with Gasteiger partial charge in [0, 0.05) is 25.7 Å². The molecule has 0 aliphatic carbocycles. The van der Waals surface area contributed by atoms with E-state index < -0.39 is 22.0 Å². The van der Waals surface area contributed by atoms with Gasteiger partial charge in [-0.15, -0.1) is 12.3 Å². The average molecular weight is 270 g/mol. The zero-order valence-electron chi connectivity index (χ0n) is 10.0. The molecular weight excluding hydrogens is 256 g/mol. The number of carboxylic acid groups (broad SMARTS) is 1. The molecule has 0 fully saturated rings. The molecule has 1 aromatic heterocycles. The Bertz CT molecular complexity index is 595. The number of carboxylic acids is 1. The van der Waals surface area contributed by atoms with Crippen LogP contribution in [0.25, 0.3) is 0 Å². The van der Waals surface area contributed by atoms with E-state index in [1.165, 1.54) is 17.8 Å². The van der Waals surface area contributed by atoms with E-state index in [9.17, 15) is 13.2 Å². The van der Waals surface area contributed by atoms with Crippen molar-refractivity contribution in [3.8, 4) is 12.3 Å². The Morgan fingerprint density at radius 1 is 1.67 bits per heavy atom. The molecule has 0 aromatic carbocycles. The van der Waals surface area contributed by atoms with E-state index in [-0.39, 0.29) is 17.0 Å². The summed E-state index contributed by atoms with van der Waals surface area (Å²) in [6.45, 7) is 1.64. The van der Waals surface area contributed by atoms with Crippen molar-refractivity contribution in [3.05, 3.63) is 18.0 Å². The van der Waals surface area contributed by atoms with E-state index >= 15 is 0 Å². The van der Waals surface area contributed by atoms with E-state index in [0.29, 0.717) is 0 Å². The van der Waals surface area contributed by atoms with Crippen LogP contribution in [-0.2, 0) is 17.1 Å².